The highest BCUT2D eigenvalue weighted by atomic mass is 79.9. The third kappa shape index (κ3) is 5.63. The number of amides is 1. The molecule has 2 aromatic rings. The van der Waals surface area contributed by atoms with Crippen molar-refractivity contribution in [2.45, 2.75) is 20.5 Å². The van der Waals surface area contributed by atoms with Gasteiger partial charge in [-0.3, -0.25) is 4.79 Å². The molecule has 2 rings (SSSR count). The van der Waals surface area contributed by atoms with Crippen LogP contribution in [-0.4, -0.2) is 33.2 Å². The van der Waals surface area contributed by atoms with Gasteiger partial charge < -0.3 is 24.3 Å². The van der Waals surface area contributed by atoms with E-state index in [-0.39, 0.29) is 24.0 Å². The molecule has 0 aliphatic rings. The Kier molecular flexibility index (Phi) is 7.90. The van der Waals surface area contributed by atoms with Gasteiger partial charge in [0, 0.05) is 18.1 Å². The number of esters is 1. The Morgan fingerprint density at radius 1 is 0.966 bits per heavy atom. The SMILES string of the molecule is COc1ccc(COC(=O)c2cc(OC)c(OC)cc2NC(=O)C(C)C)cc1Br. The van der Waals surface area contributed by atoms with Crippen LogP contribution in [0.15, 0.2) is 34.8 Å². The number of halogens is 1. The number of anilines is 1. The number of ether oxygens (including phenoxy) is 4. The van der Waals surface area contributed by atoms with E-state index in [1.165, 1.54) is 20.3 Å². The Labute approximate surface area is 178 Å². The number of hydrogen-bond acceptors (Lipinski definition) is 6. The van der Waals surface area contributed by atoms with Crippen LogP contribution in [0.2, 0.25) is 0 Å². The van der Waals surface area contributed by atoms with Gasteiger partial charge in [-0.15, -0.1) is 0 Å². The molecule has 0 aromatic heterocycles. The van der Waals surface area contributed by atoms with Gasteiger partial charge in [-0.1, -0.05) is 19.9 Å². The minimum Gasteiger partial charge on any atom is -0.496 e. The molecule has 0 atom stereocenters. The van der Waals surface area contributed by atoms with E-state index >= 15 is 0 Å². The molecule has 0 aliphatic carbocycles. The van der Waals surface area contributed by atoms with Crippen molar-refractivity contribution in [3.05, 3.63) is 45.9 Å². The zero-order valence-corrected chi connectivity index (χ0v) is 18.6. The van der Waals surface area contributed by atoms with Crippen LogP contribution in [0.1, 0.15) is 29.8 Å². The van der Waals surface area contributed by atoms with Gasteiger partial charge in [0.05, 0.1) is 37.1 Å². The van der Waals surface area contributed by atoms with Gasteiger partial charge in [-0.25, -0.2) is 4.79 Å². The van der Waals surface area contributed by atoms with Crippen LogP contribution >= 0.6 is 15.9 Å². The normalized spacial score (nSPS) is 10.4. The predicted molar refractivity (Wildman–Crippen MR) is 113 cm³/mol. The van der Waals surface area contributed by atoms with Gasteiger partial charge >= 0.3 is 5.97 Å². The van der Waals surface area contributed by atoms with Crippen LogP contribution in [0.3, 0.4) is 0 Å². The fraction of sp³-hybridized carbons (Fsp3) is 0.333. The molecule has 8 heteroatoms. The first-order chi connectivity index (χ1) is 13.8. The highest BCUT2D eigenvalue weighted by molar-refractivity contribution is 9.10. The summed E-state index contributed by atoms with van der Waals surface area (Å²) in [4.78, 5) is 24.9. The average Bonchev–Trinajstić information content (AvgIpc) is 2.71. The molecule has 0 bridgehead atoms. The van der Waals surface area contributed by atoms with E-state index in [0.717, 1.165) is 10.0 Å². The lowest BCUT2D eigenvalue weighted by Gasteiger charge is -2.16. The molecular formula is C21H24BrNO6. The molecule has 156 valence electrons. The largest absolute Gasteiger partial charge is 0.496 e. The summed E-state index contributed by atoms with van der Waals surface area (Å²) in [5.41, 5.74) is 1.24. The molecular weight excluding hydrogens is 442 g/mol. The summed E-state index contributed by atoms with van der Waals surface area (Å²) in [5, 5.41) is 2.74. The molecule has 0 saturated carbocycles. The molecule has 0 saturated heterocycles. The Morgan fingerprint density at radius 2 is 1.59 bits per heavy atom. The van der Waals surface area contributed by atoms with Crippen molar-refractivity contribution in [3.8, 4) is 17.2 Å². The van der Waals surface area contributed by atoms with E-state index in [0.29, 0.717) is 22.9 Å². The number of rotatable bonds is 8. The fourth-order valence-electron chi connectivity index (χ4n) is 2.45. The lowest BCUT2D eigenvalue weighted by Crippen LogP contribution is -2.20. The van der Waals surface area contributed by atoms with Gasteiger partial charge in [-0.05, 0) is 33.6 Å². The fourth-order valence-corrected chi connectivity index (χ4v) is 3.04. The second-order valence-electron chi connectivity index (χ2n) is 6.44. The number of hydrogen-bond donors (Lipinski definition) is 1. The first-order valence-corrected chi connectivity index (χ1v) is 9.66. The van der Waals surface area contributed by atoms with Crippen molar-refractivity contribution in [1.82, 2.24) is 0 Å². The molecule has 0 spiro atoms. The van der Waals surface area contributed by atoms with Crippen LogP contribution in [0.25, 0.3) is 0 Å². The Bertz CT molecular complexity index is 897. The molecule has 0 heterocycles. The van der Waals surface area contributed by atoms with Gasteiger partial charge in [0.25, 0.3) is 0 Å². The summed E-state index contributed by atoms with van der Waals surface area (Å²) < 4.78 is 21.9. The Morgan fingerprint density at radius 3 is 2.14 bits per heavy atom. The summed E-state index contributed by atoms with van der Waals surface area (Å²) in [5.74, 6) is 0.334. The molecule has 29 heavy (non-hydrogen) atoms. The van der Waals surface area contributed by atoms with Crippen molar-refractivity contribution >= 4 is 33.5 Å². The zero-order chi connectivity index (χ0) is 21.6. The minimum atomic E-state index is -0.600. The molecule has 7 nitrogen and oxygen atoms in total. The number of carbonyl (C=O) groups is 2. The Hall–Kier alpha value is -2.74. The van der Waals surface area contributed by atoms with Crippen LogP contribution in [0.4, 0.5) is 5.69 Å². The van der Waals surface area contributed by atoms with E-state index < -0.39 is 5.97 Å². The molecule has 0 aliphatic heterocycles. The smallest absolute Gasteiger partial charge is 0.340 e. The summed E-state index contributed by atoms with van der Waals surface area (Å²) in [7, 11) is 4.52. The second kappa shape index (κ2) is 10.2. The van der Waals surface area contributed by atoms with Gasteiger partial charge in [0.1, 0.15) is 12.4 Å². The van der Waals surface area contributed by atoms with E-state index in [9.17, 15) is 9.59 Å². The minimum absolute atomic E-state index is 0.0489. The van der Waals surface area contributed by atoms with Gasteiger partial charge in [-0.2, -0.15) is 0 Å². The highest BCUT2D eigenvalue weighted by Gasteiger charge is 2.21. The second-order valence-corrected chi connectivity index (χ2v) is 7.30. The molecule has 1 N–H and O–H groups in total. The van der Waals surface area contributed by atoms with Crippen LogP contribution in [-0.2, 0) is 16.1 Å². The maximum atomic E-state index is 12.8. The number of benzene rings is 2. The lowest BCUT2D eigenvalue weighted by molar-refractivity contribution is -0.118. The van der Waals surface area contributed by atoms with Crippen molar-refractivity contribution < 1.29 is 28.5 Å². The standard InChI is InChI=1S/C21H24BrNO6/c1-12(2)20(24)23-16-10-19(28-5)18(27-4)9-14(16)21(25)29-11-13-6-7-17(26-3)15(22)8-13/h6-10,12H,11H2,1-5H3,(H,23,24). The van der Waals surface area contributed by atoms with Gasteiger partial charge in [0.15, 0.2) is 11.5 Å². The average molecular weight is 466 g/mol. The maximum Gasteiger partial charge on any atom is 0.340 e. The van der Waals surface area contributed by atoms with E-state index in [1.54, 1.807) is 39.2 Å². The summed E-state index contributed by atoms with van der Waals surface area (Å²) in [6.07, 6.45) is 0. The summed E-state index contributed by atoms with van der Waals surface area (Å²) in [6, 6.07) is 8.41. The number of carbonyl (C=O) groups excluding carboxylic acids is 2. The molecule has 0 fully saturated rings. The summed E-state index contributed by atoms with van der Waals surface area (Å²) >= 11 is 3.40. The molecule has 0 unspecified atom stereocenters. The van der Waals surface area contributed by atoms with E-state index in [4.69, 9.17) is 18.9 Å². The van der Waals surface area contributed by atoms with Crippen LogP contribution < -0.4 is 19.5 Å². The monoisotopic (exact) mass is 465 g/mol. The third-order valence-corrected chi connectivity index (χ3v) is 4.73. The number of methoxy groups -OCH3 is 3. The first-order valence-electron chi connectivity index (χ1n) is 8.87. The topological polar surface area (TPSA) is 83.1 Å². The lowest BCUT2D eigenvalue weighted by atomic mass is 10.1. The highest BCUT2D eigenvalue weighted by Crippen LogP contribution is 2.34. The van der Waals surface area contributed by atoms with Crippen molar-refractivity contribution in [2.75, 3.05) is 26.6 Å². The Balaban J connectivity index is 2.28. The molecule has 0 radical (unpaired) electrons. The maximum absolute atomic E-state index is 12.8. The summed E-state index contributed by atoms with van der Waals surface area (Å²) in [6.45, 7) is 3.57. The van der Waals surface area contributed by atoms with Crippen molar-refractivity contribution in [2.24, 2.45) is 5.92 Å². The van der Waals surface area contributed by atoms with E-state index in [2.05, 4.69) is 21.2 Å². The van der Waals surface area contributed by atoms with Crippen molar-refractivity contribution in [1.29, 1.82) is 0 Å². The van der Waals surface area contributed by atoms with Crippen LogP contribution in [0, 0.1) is 5.92 Å². The third-order valence-electron chi connectivity index (χ3n) is 4.11. The predicted octanol–water partition coefficient (Wildman–Crippen LogP) is 4.43. The quantitative estimate of drug-likeness (QED) is 0.580. The number of nitrogens with one attached hydrogen (secondary N) is 1. The molecule has 1 amide bonds. The first kappa shape index (κ1) is 22.5. The van der Waals surface area contributed by atoms with E-state index in [1.807, 2.05) is 6.07 Å². The van der Waals surface area contributed by atoms with Crippen molar-refractivity contribution in [3.63, 3.8) is 0 Å². The zero-order valence-electron chi connectivity index (χ0n) is 17.0. The molecule has 2 aromatic carbocycles. The van der Waals surface area contributed by atoms with Crippen LogP contribution in [0.5, 0.6) is 17.2 Å². The van der Waals surface area contributed by atoms with Gasteiger partial charge in [0.2, 0.25) is 5.91 Å².